The molecule has 0 unspecified atom stereocenters. The number of hydrogen-bond acceptors (Lipinski definition) is 4. The summed E-state index contributed by atoms with van der Waals surface area (Å²) in [6, 6.07) is 16.5. The minimum atomic E-state index is 0.671. The van der Waals surface area contributed by atoms with E-state index in [4.69, 9.17) is 10.7 Å². The molecule has 2 aromatic carbocycles. The molecule has 134 valence electrons. The number of aryl methyl sites for hydroxylation is 3. The number of thiophene rings is 1. The zero-order valence-corrected chi connectivity index (χ0v) is 16.5. The van der Waals surface area contributed by atoms with Gasteiger partial charge in [-0.3, -0.25) is 0 Å². The summed E-state index contributed by atoms with van der Waals surface area (Å²) >= 11 is 1.71. The number of hydrogen-bond donors (Lipinski definition) is 1. The summed E-state index contributed by atoms with van der Waals surface area (Å²) in [6.07, 6.45) is 1.81. The van der Waals surface area contributed by atoms with E-state index in [9.17, 15) is 0 Å². The van der Waals surface area contributed by atoms with Crippen molar-refractivity contribution in [1.29, 1.82) is 0 Å². The van der Waals surface area contributed by atoms with Crippen molar-refractivity contribution >= 4 is 17.0 Å². The molecular weight excluding hydrogens is 350 g/mol. The van der Waals surface area contributed by atoms with E-state index in [1.807, 2.05) is 37.4 Å². The standard InChI is InChI=1S/C23H21N3S/c1-14-6-4-7-15(2)21(14)17-12-20(27-13-17)19-10-11-25-23(26-19)22-16(3)8-5-9-18(22)24/h4-13H,24H2,1-3H3. The third kappa shape index (κ3) is 3.24. The van der Waals surface area contributed by atoms with Crippen LogP contribution in [0.15, 0.2) is 60.1 Å². The van der Waals surface area contributed by atoms with E-state index in [1.165, 1.54) is 22.3 Å². The van der Waals surface area contributed by atoms with Gasteiger partial charge < -0.3 is 5.73 Å². The fourth-order valence-corrected chi connectivity index (χ4v) is 4.35. The van der Waals surface area contributed by atoms with Crippen molar-refractivity contribution in [2.75, 3.05) is 5.73 Å². The average molecular weight is 372 g/mol. The fourth-order valence-electron chi connectivity index (χ4n) is 3.48. The Bertz CT molecular complexity index is 1090. The van der Waals surface area contributed by atoms with E-state index in [0.29, 0.717) is 11.5 Å². The van der Waals surface area contributed by atoms with Crippen molar-refractivity contribution < 1.29 is 0 Å². The number of benzene rings is 2. The largest absolute Gasteiger partial charge is 0.398 e. The van der Waals surface area contributed by atoms with Crippen LogP contribution >= 0.6 is 11.3 Å². The van der Waals surface area contributed by atoms with Crippen molar-refractivity contribution in [3.05, 3.63) is 76.8 Å². The molecule has 27 heavy (non-hydrogen) atoms. The maximum Gasteiger partial charge on any atom is 0.162 e. The third-order valence-electron chi connectivity index (χ3n) is 4.81. The number of nitrogen functional groups attached to an aromatic ring is 1. The molecule has 0 atom stereocenters. The lowest BCUT2D eigenvalue weighted by Crippen LogP contribution is -1.97. The van der Waals surface area contributed by atoms with Crippen LogP contribution in [-0.2, 0) is 0 Å². The molecule has 0 radical (unpaired) electrons. The molecule has 0 aliphatic heterocycles. The molecular formula is C23H21N3S. The maximum absolute atomic E-state index is 6.18. The lowest BCUT2D eigenvalue weighted by atomic mass is 9.98. The summed E-state index contributed by atoms with van der Waals surface area (Å²) < 4.78 is 0. The Balaban J connectivity index is 1.77. The topological polar surface area (TPSA) is 51.8 Å². The van der Waals surface area contributed by atoms with Crippen LogP contribution in [0.4, 0.5) is 5.69 Å². The van der Waals surface area contributed by atoms with Gasteiger partial charge in [-0.25, -0.2) is 9.97 Å². The first-order valence-corrected chi connectivity index (χ1v) is 9.76. The van der Waals surface area contributed by atoms with Gasteiger partial charge in [-0.15, -0.1) is 11.3 Å². The highest BCUT2D eigenvalue weighted by molar-refractivity contribution is 7.14. The molecule has 3 nitrogen and oxygen atoms in total. The number of nitrogens with two attached hydrogens (primary N) is 1. The van der Waals surface area contributed by atoms with Gasteiger partial charge in [0.1, 0.15) is 0 Å². The Morgan fingerprint density at radius 3 is 2.22 bits per heavy atom. The summed E-state index contributed by atoms with van der Waals surface area (Å²) in [6.45, 7) is 6.35. The Morgan fingerprint density at radius 1 is 0.852 bits per heavy atom. The molecule has 0 saturated heterocycles. The molecule has 0 amide bonds. The lowest BCUT2D eigenvalue weighted by Gasteiger charge is -2.09. The Kier molecular flexibility index (Phi) is 4.50. The van der Waals surface area contributed by atoms with Gasteiger partial charge >= 0.3 is 0 Å². The predicted molar refractivity (Wildman–Crippen MR) is 115 cm³/mol. The monoisotopic (exact) mass is 371 g/mol. The second-order valence-electron chi connectivity index (χ2n) is 6.77. The van der Waals surface area contributed by atoms with Crippen LogP contribution < -0.4 is 5.73 Å². The molecule has 4 rings (SSSR count). The van der Waals surface area contributed by atoms with E-state index < -0.39 is 0 Å². The van der Waals surface area contributed by atoms with Crippen LogP contribution in [0.1, 0.15) is 16.7 Å². The number of rotatable bonds is 3. The molecule has 0 aliphatic carbocycles. The highest BCUT2D eigenvalue weighted by atomic mass is 32.1. The first-order chi connectivity index (χ1) is 13.0. The van der Waals surface area contributed by atoms with Crippen LogP contribution in [0, 0.1) is 20.8 Å². The maximum atomic E-state index is 6.18. The van der Waals surface area contributed by atoms with Gasteiger partial charge in [-0.1, -0.05) is 30.3 Å². The Labute approximate surface area is 163 Å². The Hall–Kier alpha value is -2.98. The molecule has 4 heteroatoms. The van der Waals surface area contributed by atoms with Crippen LogP contribution in [0.5, 0.6) is 0 Å². The lowest BCUT2D eigenvalue weighted by molar-refractivity contribution is 1.18. The van der Waals surface area contributed by atoms with Crippen LogP contribution in [0.2, 0.25) is 0 Å². The van der Waals surface area contributed by atoms with Gasteiger partial charge in [0, 0.05) is 17.4 Å². The van der Waals surface area contributed by atoms with Crippen LogP contribution in [0.3, 0.4) is 0 Å². The van der Waals surface area contributed by atoms with E-state index >= 15 is 0 Å². The zero-order valence-electron chi connectivity index (χ0n) is 15.7. The van der Waals surface area contributed by atoms with Gasteiger partial charge in [0.15, 0.2) is 5.82 Å². The first kappa shape index (κ1) is 17.4. The SMILES string of the molecule is Cc1cccc(C)c1-c1csc(-c2ccnc(-c3c(C)cccc3N)n2)c1. The second-order valence-corrected chi connectivity index (χ2v) is 7.68. The quantitative estimate of drug-likeness (QED) is 0.446. The summed E-state index contributed by atoms with van der Waals surface area (Å²) in [5, 5.41) is 2.20. The van der Waals surface area contributed by atoms with Gasteiger partial charge in [0.25, 0.3) is 0 Å². The van der Waals surface area contributed by atoms with Crippen molar-refractivity contribution in [2.24, 2.45) is 0 Å². The highest BCUT2D eigenvalue weighted by Crippen LogP contribution is 2.36. The average Bonchev–Trinajstić information content (AvgIpc) is 3.11. The van der Waals surface area contributed by atoms with Gasteiger partial charge in [-0.2, -0.15) is 0 Å². The van der Waals surface area contributed by atoms with Crippen LogP contribution in [0.25, 0.3) is 33.1 Å². The van der Waals surface area contributed by atoms with Gasteiger partial charge in [0.2, 0.25) is 0 Å². The summed E-state index contributed by atoms with van der Waals surface area (Å²) in [5.74, 6) is 0.671. The molecule has 0 aliphatic rings. The van der Waals surface area contributed by atoms with Crippen LogP contribution in [-0.4, -0.2) is 9.97 Å². The molecule has 4 aromatic rings. The zero-order chi connectivity index (χ0) is 19.0. The highest BCUT2D eigenvalue weighted by Gasteiger charge is 2.13. The van der Waals surface area contributed by atoms with Gasteiger partial charge in [-0.05, 0) is 72.2 Å². The van der Waals surface area contributed by atoms with Crippen molar-refractivity contribution in [1.82, 2.24) is 9.97 Å². The molecule has 0 bridgehead atoms. The number of nitrogens with zero attached hydrogens (tertiary/aromatic N) is 2. The predicted octanol–water partition coefficient (Wildman–Crippen LogP) is 6.05. The molecule has 2 heterocycles. The molecule has 2 aromatic heterocycles. The number of anilines is 1. The van der Waals surface area contributed by atoms with E-state index in [0.717, 1.165) is 21.7 Å². The van der Waals surface area contributed by atoms with Crippen molar-refractivity contribution in [2.45, 2.75) is 20.8 Å². The summed E-state index contributed by atoms with van der Waals surface area (Å²) in [4.78, 5) is 10.4. The fraction of sp³-hybridized carbons (Fsp3) is 0.130. The van der Waals surface area contributed by atoms with E-state index in [2.05, 4.69) is 48.5 Å². The minimum absolute atomic E-state index is 0.671. The molecule has 0 fully saturated rings. The molecule has 2 N–H and O–H groups in total. The molecule has 0 spiro atoms. The smallest absolute Gasteiger partial charge is 0.162 e. The van der Waals surface area contributed by atoms with Gasteiger partial charge in [0.05, 0.1) is 10.6 Å². The van der Waals surface area contributed by atoms with Crippen molar-refractivity contribution in [3.8, 4) is 33.1 Å². The van der Waals surface area contributed by atoms with E-state index in [1.54, 1.807) is 11.3 Å². The molecule has 0 saturated carbocycles. The Morgan fingerprint density at radius 2 is 1.52 bits per heavy atom. The number of aromatic nitrogens is 2. The third-order valence-corrected chi connectivity index (χ3v) is 5.76. The summed E-state index contributed by atoms with van der Waals surface area (Å²) in [5.41, 5.74) is 14.9. The summed E-state index contributed by atoms with van der Waals surface area (Å²) in [7, 11) is 0. The second kappa shape index (κ2) is 6.97. The first-order valence-electron chi connectivity index (χ1n) is 8.88. The van der Waals surface area contributed by atoms with Crippen molar-refractivity contribution in [3.63, 3.8) is 0 Å². The minimum Gasteiger partial charge on any atom is -0.398 e. The normalized spacial score (nSPS) is 10.9. The van der Waals surface area contributed by atoms with E-state index in [-0.39, 0.29) is 0 Å².